The first-order valence-electron chi connectivity index (χ1n) is 5.10. The lowest BCUT2D eigenvalue weighted by Gasteiger charge is -2.27. The Bertz CT molecular complexity index is 312. The molecule has 1 aliphatic heterocycles. The van der Waals surface area contributed by atoms with Gasteiger partial charge < -0.3 is 15.5 Å². The van der Waals surface area contributed by atoms with Crippen LogP contribution in [0.4, 0.5) is 11.4 Å². The Morgan fingerprint density at radius 3 is 2.73 bits per heavy atom. The van der Waals surface area contributed by atoms with Crippen molar-refractivity contribution in [3.8, 4) is 0 Å². The first-order chi connectivity index (χ1) is 7.38. The molecule has 1 aliphatic rings. The third kappa shape index (κ3) is 2.81. The Balaban J connectivity index is 1.96. The molecule has 0 aromatic carbocycles. The Kier molecular flexibility index (Phi) is 3.37. The average molecular weight is 208 g/mol. The molecule has 1 saturated heterocycles. The van der Waals surface area contributed by atoms with Gasteiger partial charge in [-0.3, -0.25) is 4.98 Å². The molecule has 2 heterocycles. The maximum Gasteiger partial charge on any atom is 0.0694 e. The topological polar surface area (TPSA) is 49.4 Å². The van der Waals surface area contributed by atoms with Crippen LogP contribution in [0.25, 0.3) is 0 Å². The molecule has 2 rings (SSSR count). The van der Waals surface area contributed by atoms with Crippen molar-refractivity contribution in [2.24, 2.45) is 0 Å². The fourth-order valence-electron chi connectivity index (χ4n) is 1.50. The number of pyridine rings is 1. The van der Waals surface area contributed by atoms with Crippen molar-refractivity contribution in [2.75, 3.05) is 44.1 Å². The van der Waals surface area contributed by atoms with Crippen molar-refractivity contribution in [1.82, 2.24) is 9.99 Å². The fraction of sp³-hybridized carbons (Fsp3) is 0.500. The Hall–Kier alpha value is -1.33. The van der Waals surface area contributed by atoms with E-state index in [4.69, 9.17) is 4.74 Å². The van der Waals surface area contributed by atoms with Crippen LogP contribution in [0.15, 0.2) is 18.5 Å². The van der Waals surface area contributed by atoms with Crippen molar-refractivity contribution in [1.29, 1.82) is 0 Å². The van der Waals surface area contributed by atoms with Gasteiger partial charge in [0.15, 0.2) is 0 Å². The van der Waals surface area contributed by atoms with Crippen LogP contribution >= 0.6 is 0 Å². The summed E-state index contributed by atoms with van der Waals surface area (Å²) in [6, 6.07) is 2.03. The summed E-state index contributed by atoms with van der Waals surface area (Å²) in [6.45, 7) is 3.38. The Morgan fingerprint density at radius 1 is 1.27 bits per heavy atom. The van der Waals surface area contributed by atoms with Crippen LogP contribution in [0.3, 0.4) is 0 Å². The molecule has 0 amide bonds. The standard InChI is InChI=1S/C10H16N4O/c1-11-9-6-10(8-12-7-9)13-14-2-4-15-5-3-14/h6-8,11,13H,2-5H2,1H3. The van der Waals surface area contributed by atoms with Gasteiger partial charge in [0.2, 0.25) is 0 Å². The van der Waals surface area contributed by atoms with Gasteiger partial charge >= 0.3 is 0 Å². The van der Waals surface area contributed by atoms with Gasteiger partial charge in [-0.25, -0.2) is 5.01 Å². The van der Waals surface area contributed by atoms with E-state index >= 15 is 0 Å². The van der Waals surface area contributed by atoms with Crippen LogP contribution in [0.2, 0.25) is 0 Å². The number of nitrogens with zero attached hydrogens (tertiary/aromatic N) is 2. The van der Waals surface area contributed by atoms with Gasteiger partial charge in [0.05, 0.1) is 37.0 Å². The molecule has 1 fully saturated rings. The molecule has 1 aromatic rings. The minimum Gasteiger partial charge on any atom is -0.387 e. The Morgan fingerprint density at radius 2 is 2.00 bits per heavy atom. The molecule has 15 heavy (non-hydrogen) atoms. The number of anilines is 2. The van der Waals surface area contributed by atoms with Crippen molar-refractivity contribution < 1.29 is 4.74 Å². The molecular formula is C10H16N4O. The van der Waals surface area contributed by atoms with Crippen molar-refractivity contribution in [2.45, 2.75) is 0 Å². The number of nitrogens with one attached hydrogen (secondary N) is 2. The summed E-state index contributed by atoms with van der Waals surface area (Å²) in [5.74, 6) is 0. The number of aromatic nitrogens is 1. The zero-order valence-corrected chi connectivity index (χ0v) is 8.86. The molecule has 0 atom stereocenters. The normalized spacial score (nSPS) is 17.4. The number of rotatable bonds is 3. The maximum atomic E-state index is 5.27. The van der Waals surface area contributed by atoms with Gasteiger partial charge in [0.1, 0.15) is 0 Å². The molecule has 0 bridgehead atoms. The second kappa shape index (κ2) is 4.95. The van der Waals surface area contributed by atoms with Crippen molar-refractivity contribution >= 4 is 11.4 Å². The van der Waals surface area contributed by atoms with Crippen LogP contribution in [-0.4, -0.2) is 43.3 Å². The lowest BCUT2D eigenvalue weighted by Crippen LogP contribution is -2.40. The second-order valence-electron chi connectivity index (χ2n) is 3.42. The molecule has 5 nitrogen and oxygen atoms in total. The van der Waals surface area contributed by atoms with E-state index in [-0.39, 0.29) is 0 Å². The molecule has 1 aromatic heterocycles. The van der Waals surface area contributed by atoms with Gasteiger partial charge in [-0.15, -0.1) is 0 Å². The highest BCUT2D eigenvalue weighted by Gasteiger charge is 2.09. The average Bonchev–Trinajstić information content (AvgIpc) is 2.31. The largest absolute Gasteiger partial charge is 0.387 e. The molecule has 82 valence electrons. The van der Waals surface area contributed by atoms with E-state index in [0.717, 1.165) is 37.7 Å². The highest BCUT2D eigenvalue weighted by Crippen LogP contribution is 2.13. The highest BCUT2D eigenvalue weighted by atomic mass is 16.5. The lowest BCUT2D eigenvalue weighted by molar-refractivity contribution is 0.0497. The fourth-order valence-corrected chi connectivity index (χ4v) is 1.50. The smallest absolute Gasteiger partial charge is 0.0694 e. The summed E-state index contributed by atoms with van der Waals surface area (Å²) in [5, 5.41) is 5.20. The molecule has 0 radical (unpaired) electrons. The Labute approximate surface area is 89.4 Å². The third-order valence-corrected chi connectivity index (χ3v) is 2.33. The summed E-state index contributed by atoms with van der Waals surface area (Å²) >= 11 is 0. The molecule has 0 unspecified atom stereocenters. The second-order valence-corrected chi connectivity index (χ2v) is 3.42. The molecule has 5 heteroatoms. The quantitative estimate of drug-likeness (QED) is 0.769. The summed E-state index contributed by atoms with van der Waals surface area (Å²) in [4.78, 5) is 4.14. The van der Waals surface area contributed by atoms with E-state index < -0.39 is 0 Å². The van der Waals surface area contributed by atoms with Crippen molar-refractivity contribution in [3.05, 3.63) is 18.5 Å². The van der Waals surface area contributed by atoms with Crippen LogP contribution in [0, 0.1) is 0 Å². The summed E-state index contributed by atoms with van der Waals surface area (Å²) in [7, 11) is 1.88. The molecule has 0 aliphatic carbocycles. The summed E-state index contributed by atoms with van der Waals surface area (Å²) < 4.78 is 5.27. The highest BCUT2D eigenvalue weighted by molar-refractivity contribution is 5.53. The minimum atomic E-state index is 0.784. The van der Waals surface area contributed by atoms with Gasteiger partial charge in [0.25, 0.3) is 0 Å². The minimum absolute atomic E-state index is 0.784. The predicted molar refractivity (Wildman–Crippen MR) is 59.8 cm³/mol. The predicted octanol–water partition coefficient (Wildman–Crippen LogP) is 0.782. The van der Waals surface area contributed by atoms with Crippen LogP contribution in [0.5, 0.6) is 0 Å². The van der Waals surface area contributed by atoms with E-state index in [1.807, 2.05) is 19.3 Å². The monoisotopic (exact) mass is 208 g/mol. The van der Waals surface area contributed by atoms with Gasteiger partial charge in [-0.05, 0) is 6.07 Å². The lowest BCUT2D eigenvalue weighted by atomic mass is 10.4. The van der Waals surface area contributed by atoms with Crippen LogP contribution in [-0.2, 0) is 4.74 Å². The maximum absolute atomic E-state index is 5.27. The SMILES string of the molecule is CNc1cncc(NN2CCOCC2)c1. The molecule has 2 N–H and O–H groups in total. The van der Waals surface area contributed by atoms with E-state index in [1.165, 1.54) is 0 Å². The molecule has 0 spiro atoms. The number of ether oxygens (including phenoxy) is 1. The first kappa shape index (κ1) is 10.2. The third-order valence-electron chi connectivity index (χ3n) is 2.33. The number of morpholine rings is 1. The number of hydrogen-bond donors (Lipinski definition) is 2. The molecular weight excluding hydrogens is 192 g/mol. The van der Waals surface area contributed by atoms with E-state index in [2.05, 4.69) is 20.7 Å². The van der Waals surface area contributed by atoms with Gasteiger partial charge in [-0.1, -0.05) is 0 Å². The summed E-state index contributed by atoms with van der Waals surface area (Å²) in [6.07, 6.45) is 3.61. The van der Waals surface area contributed by atoms with Crippen LogP contribution in [0.1, 0.15) is 0 Å². The summed E-state index contributed by atoms with van der Waals surface area (Å²) in [5.41, 5.74) is 5.32. The van der Waals surface area contributed by atoms with Gasteiger partial charge in [-0.2, -0.15) is 0 Å². The van der Waals surface area contributed by atoms with Crippen molar-refractivity contribution in [3.63, 3.8) is 0 Å². The van der Waals surface area contributed by atoms with Crippen LogP contribution < -0.4 is 10.7 Å². The van der Waals surface area contributed by atoms with Gasteiger partial charge in [0, 0.05) is 20.1 Å². The number of hydrazine groups is 1. The van der Waals surface area contributed by atoms with E-state index in [1.54, 1.807) is 6.20 Å². The number of hydrogen-bond acceptors (Lipinski definition) is 5. The van der Waals surface area contributed by atoms with E-state index in [9.17, 15) is 0 Å². The zero-order chi connectivity index (χ0) is 10.5. The first-order valence-corrected chi connectivity index (χ1v) is 5.10. The molecule has 0 saturated carbocycles. The zero-order valence-electron chi connectivity index (χ0n) is 8.86. The van der Waals surface area contributed by atoms with E-state index in [0.29, 0.717) is 0 Å².